The molecule has 2 rings (SSSR count). The third kappa shape index (κ3) is 3.45. The molecule has 23 heavy (non-hydrogen) atoms. The summed E-state index contributed by atoms with van der Waals surface area (Å²) < 4.78 is 21.3. The van der Waals surface area contributed by atoms with Crippen LogP contribution in [-0.2, 0) is 6.61 Å². The molecule has 0 atom stereocenters. The summed E-state index contributed by atoms with van der Waals surface area (Å²) >= 11 is 0. The molecule has 0 spiro atoms. The third-order valence-electron chi connectivity index (χ3n) is 3.19. The first-order valence-electron chi connectivity index (χ1n) is 6.76. The Hall–Kier alpha value is -2.96. The largest absolute Gasteiger partial charge is 0.492 e. The molecule has 0 radical (unpaired) electrons. The lowest BCUT2D eigenvalue weighted by Gasteiger charge is -2.16. The SMILES string of the molecule is COc1cc([N+](=O)[O-])c(OCc2ccccc2)c(OC)c1OC. The maximum Gasteiger partial charge on any atom is 0.318 e. The zero-order valence-corrected chi connectivity index (χ0v) is 13.1. The van der Waals surface area contributed by atoms with Gasteiger partial charge in [-0.25, -0.2) is 0 Å². The molecule has 7 nitrogen and oxygen atoms in total. The van der Waals surface area contributed by atoms with Gasteiger partial charge in [0.25, 0.3) is 0 Å². The predicted molar refractivity (Wildman–Crippen MR) is 83.5 cm³/mol. The van der Waals surface area contributed by atoms with Crippen molar-refractivity contribution in [1.29, 1.82) is 0 Å². The summed E-state index contributed by atoms with van der Waals surface area (Å²) in [5.41, 5.74) is 0.620. The average molecular weight is 319 g/mol. The van der Waals surface area contributed by atoms with E-state index in [1.165, 1.54) is 27.4 Å². The molecule has 0 heterocycles. The second kappa shape index (κ2) is 7.35. The van der Waals surface area contributed by atoms with E-state index >= 15 is 0 Å². The highest BCUT2D eigenvalue weighted by atomic mass is 16.6. The lowest BCUT2D eigenvalue weighted by Crippen LogP contribution is -2.04. The van der Waals surface area contributed by atoms with Gasteiger partial charge in [0.2, 0.25) is 17.2 Å². The summed E-state index contributed by atoms with van der Waals surface area (Å²) in [6.45, 7) is 0.160. The number of nitro groups is 1. The zero-order chi connectivity index (χ0) is 16.8. The number of hydrogen-bond acceptors (Lipinski definition) is 6. The summed E-state index contributed by atoms with van der Waals surface area (Å²) in [6, 6.07) is 10.6. The van der Waals surface area contributed by atoms with Crippen molar-refractivity contribution < 1.29 is 23.9 Å². The van der Waals surface area contributed by atoms with Crippen LogP contribution in [0.1, 0.15) is 5.56 Å². The number of nitrogens with zero attached hydrogens (tertiary/aromatic N) is 1. The van der Waals surface area contributed by atoms with E-state index in [4.69, 9.17) is 18.9 Å². The zero-order valence-electron chi connectivity index (χ0n) is 13.1. The van der Waals surface area contributed by atoms with Crippen molar-refractivity contribution in [3.05, 3.63) is 52.1 Å². The van der Waals surface area contributed by atoms with E-state index in [1.54, 1.807) is 0 Å². The maximum atomic E-state index is 11.3. The van der Waals surface area contributed by atoms with Gasteiger partial charge in [-0.2, -0.15) is 0 Å². The van der Waals surface area contributed by atoms with Crippen molar-refractivity contribution in [3.63, 3.8) is 0 Å². The fourth-order valence-corrected chi connectivity index (χ4v) is 2.12. The van der Waals surface area contributed by atoms with Gasteiger partial charge in [0.05, 0.1) is 32.3 Å². The number of rotatable bonds is 7. The minimum Gasteiger partial charge on any atom is -0.492 e. The van der Waals surface area contributed by atoms with E-state index in [2.05, 4.69) is 0 Å². The van der Waals surface area contributed by atoms with E-state index in [0.29, 0.717) is 0 Å². The number of ether oxygens (including phenoxy) is 4. The van der Waals surface area contributed by atoms with Gasteiger partial charge in [0.15, 0.2) is 5.75 Å². The topological polar surface area (TPSA) is 80.1 Å². The van der Waals surface area contributed by atoms with Gasteiger partial charge in [0, 0.05) is 0 Å². The molecule has 0 bridgehead atoms. The van der Waals surface area contributed by atoms with Gasteiger partial charge < -0.3 is 18.9 Å². The Balaban J connectivity index is 2.48. The minimum atomic E-state index is -0.551. The van der Waals surface area contributed by atoms with Crippen LogP contribution in [0.3, 0.4) is 0 Å². The van der Waals surface area contributed by atoms with Gasteiger partial charge in [-0.3, -0.25) is 10.1 Å². The Morgan fingerprint density at radius 2 is 1.61 bits per heavy atom. The van der Waals surface area contributed by atoms with Crippen molar-refractivity contribution >= 4 is 5.69 Å². The molecule has 0 aliphatic carbocycles. The standard InChI is InChI=1S/C16H17NO6/c1-20-13-9-12(17(18)19)14(16(22-3)15(13)21-2)23-10-11-7-5-4-6-8-11/h4-9H,10H2,1-3H3. The average Bonchev–Trinajstić information content (AvgIpc) is 2.58. The molecule has 0 aliphatic heterocycles. The maximum absolute atomic E-state index is 11.3. The molecule has 0 aliphatic rings. The molecule has 0 amide bonds. The third-order valence-corrected chi connectivity index (χ3v) is 3.19. The van der Waals surface area contributed by atoms with Gasteiger partial charge in [0.1, 0.15) is 6.61 Å². The van der Waals surface area contributed by atoms with Crippen molar-refractivity contribution in [3.8, 4) is 23.0 Å². The number of benzene rings is 2. The Kier molecular flexibility index (Phi) is 5.24. The number of methoxy groups -OCH3 is 3. The van der Waals surface area contributed by atoms with Crippen LogP contribution in [0.15, 0.2) is 36.4 Å². The fraction of sp³-hybridized carbons (Fsp3) is 0.250. The first kappa shape index (κ1) is 16.4. The van der Waals surface area contributed by atoms with E-state index in [0.717, 1.165) is 5.56 Å². The summed E-state index contributed by atoms with van der Waals surface area (Å²) in [5, 5.41) is 11.3. The quantitative estimate of drug-likeness (QED) is 0.576. The Labute approximate surface area is 133 Å². The molecule has 122 valence electrons. The monoisotopic (exact) mass is 319 g/mol. The molecular formula is C16H17NO6. The van der Waals surface area contributed by atoms with Crippen molar-refractivity contribution in [2.45, 2.75) is 6.61 Å². The molecule has 0 saturated carbocycles. The van der Waals surface area contributed by atoms with E-state index < -0.39 is 4.92 Å². The van der Waals surface area contributed by atoms with Crippen LogP contribution >= 0.6 is 0 Å². The summed E-state index contributed by atoms with van der Waals surface area (Å²) in [4.78, 5) is 10.8. The van der Waals surface area contributed by atoms with E-state index in [9.17, 15) is 10.1 Å². The first-order valence-corrected chi connectivity index (χ1v) is 6.76. The van der Waals surface area contributed by atoms with E-state index in [1.807, 2.05) is 30.3 Å². The van der Waals surface area contributed by atoms with Gasteiger partial charge in [-0.05, 0) is 5.56 Å². The second-order valence-corrected chi connectivity index (χ2v) is 4.52. The van der Waals surface area contributed by atoms with Gasteiger partial charge >= 0.3 is 5.69 Å². The van der Waals surface area contributed by atoms with Crippen LogP contribution in [-0.4, -0.2) is 26.3 Å². The van der Waals surface area contributed by atoms with Crippen LogP contribution in [0.25, 0.3) is 0 Å². The lowest BCUT2D eigenvalue weighted by atomic mass is 10.2. The predicted octanol–water partition coefficient (Wildman–Crippen LogP) is 3.20. The van der Waals surface area contributed by atoms with Crippen molar-refractivity contribution in [2.75, 3.05) is 21.3 Å². The molecule has 7 heteroatoms. The van der Waals surface area contributed by atoms with Crippen LogP contribution < -0.4 is 18.9 Å². The molecule has 2 aromatic carbocycles. The normalized spacial score (nSPS) is 10.0. The van der Waals surface area contributed by atoms with Crippen LogP contribution in [0.2, 0.25) is 0 Å². The highest BCUT2D eigenvalue weighted by Gasteiger charge is 2.28. The fourth-order valence-electron chi connectivity index (χ4n) is 2.12. The van der Waals surface area contributed by atoms with Crippen LogP contribution in [0, 0.1) is 10.1 Å². The van der Waals surface area contributed by atoms with Crippen LogP contribution in [0.4, 0.5) is 5.69 Å². The van der Waals surface area contributed by atoms with Crippen molar-refractivity contribution in [1.82, 2.24) is 0 Å². The number of nitro benzene ring substituents is 1. The Morgan fingerprint density at radius 1 is 0.957 bits per heavy atom. The highest BCUT2D eigenvalue weighted by molar-refractivity contribution is 5.68. The van der Waals surface area contributed by atoms with Gasteiger partial charge in [-0.15, -0.1) is 0 Å². The van der Waals surface area contributed by atoms with Crippen molar-refractivity contribution in [2.24, 2.45) is 0 Å². The first-order chi connectivity index (χ1) is 11.1. The van der Waals surface area contributed by atoms with Crippen LogP contribution in [0.5, 0.6) is 23.0 Å². The molecule has 0 unspecified atom stereocenters. The molecular weight excluding hydrogens is 302 g/mol. The highest BCUT2D eigenvalue weighted by Crippen LogP contribution is 2.50. The second-order valence-electron chi connectivity index (χ2n) is 4.52. The lowest BCUT2D eigenvalue weighted by molar-refractivity contribution is -0.386. The van der Waals surface area contributed by atoms with Gasteiger partial charge in [-0.1, -0.05) is 30.3 Å². The smallest absolute Gasteiger partial charge is 0.318 e. The number of hydrogen-bond donors (Lipinski definition) is 0. The summed E-state index contributed by atoms with van der Waals surface area (Å²) in [5.74, 6) is 0.556. The Morgan fingerprint density at radius 3 is 2.13 bits per heavy atom. The molecule has 2 aromatic rings. The molecule has 0 aromatic heterocycles. The molecule has 0 N–H and O–H groups in total. The van der Waals surface area contributed by atoms with E-state index in [-0.39, 0.29) is 35.3 Å². The minimum absolute atomic E-state index is 0.000923. The molecule has 0 saturated heterocycles. The summed E-state index contributed by atoms with van der Waals surface area (Å²) in [6.07, 6.45) is 0. The summed E-state index contributed by atoms with van der Waals surface area (Å²) in [7, 11) is 4.20. The molecule has 0 fully saturated rings. The Bertz CT molecular complexity index is 687.